The Balaban J connectivity index is 1.66. The van der Waals surface area contributed by atoms with Gasteiger partial charge in [-0.25, -0.2) is 4.99 Å². The zero-order valence-electron chi connectivity index (χ0n) is 19.3. The van der Waals surface area contributed by atoms with Gasteiger partial charge >= 0.3 is 5.97 Å². The Kier molecular flexibility index (Phi) is 6.85. The predicted molar refractivity (Wildman–Crippen MR) is 120 cm³/mol. The Bertz CT molecular complexity index is 872. The minimum absolute atomic E-state index is 0.0552. The number of hydroxylamine groups is 1. The molecule has 0 aromatic carbocycles. The minimum atomic E-state index is -0.546. The molecule has 1 fully saturated rings. The first-order valence-electron chi connectivity index (χ1n) is 11.5. The molecule has 3 heterocycles. The van der Waals surface area contributed by atoms with Gasteiger partial charge in [-0.15, -0.1) is 5.48 Å². The zero-order valence-corrected chi connectivity index (χ0v) is 19.3. The Labute approximate surface area is 189 Å². The van der Waals surface area contributed by atoms with Gasteiger partial charge in [0.25, 0.3) is 0 Å². The monoisotopic (exact) mass is 446 g/mol. The van der Waals surface area contributed by atoms with E-state index in [-0.39, 0.29) is 29.9 Å². The molecule has 0 spiro atoms. The molecule has 3 N–H and O–H groups in total. The highest BCUT2D eigenvalue weighted by atomic mass is 16.7. The van der Waals surface area contributed by atoms with Gasteiger partial charge in [-0.05, 0) is 40.0 Å². The summed E-state index contributed by atoms with van der Waals surface area (Å²) >= 11 is 0. The average molecular weight is 447 g/mol. The summed E-state index contributed by atoms with van der Waals surface area (Å²) in [6.45, 7) is 7.47. The second-order valence-electron chi connectivity index (χ2n) is 8.80. The van der Waals surface area contributed by atoms with E-state index >= 15 is 0 Å². The van der Waals surface area contributed by atoms with Crippen molar-refractivity contribution in [2.24, 2.45) is 33.5 Å². The van der Waals surface area contributed by atoms with Crippen LogP contribution in [0.15, 0.2) is 32.6 Å². The maximum atomic E-state index is 13.0. The Morgan fingerprint density at radius 1 is 1.31 bits per heavy atom. The fourth-order valence-corrected chi connectivity index (χ4v) is 5.23. The van der Waals surface area contributed by atoms with Crippen LogP contribution in [0.1, 0.15) is 46.5 Å². The predicted octanol–water partition coefficient (Wildman–Crippen LogP) is 2.24. The van der Waals surface area contributed by atoms with Gasteiger partial charge < -0.3 is 24.8 Å². The second kappa shape index (κ2) is 9.62. The number of nitrogens with zero attached hydrogens (tertiary/aromatic N) is 2. The summed E-state index contributed by atoms with van der Waals surface area (Å²) in [4.78, 5) is 28.1. The first-order chi connectivity index (χ1) is 15.4. The van der Waals surface area contributed by atoms with Crippen LogP contribution in [-0.2, 0) is 23.8 Å². The van der Waals surface area contributed by atoms with E-state index in [0.717, 1.165) is 35.5 Å². The third kappa shape index (κ3) is 4.28. The van der Waals surface area contributed by atoms with Gasteiger partial charge in [0.1, 0.15) is 23.3 Å². The first-order valence-corrected chi connectivity index (χ1v) is 11.5. The molecule has 9 nitrogen and oxygen atoms in total. The third-order valence-electron chi connectivity index (χ3n) is 6.87. The van der Waals surface area contributed by atoms with Gasteiger partial charge in [-0.1, -0.05) is 0 Å². The van der Waals surface area contributed by atoms with Gasteiger partial charge in [0, 0.05) is 42.6 Å². The Hall–Kier alpha value is -2.39. The van der Waals surface area contributed by atoms with Crippen LogP contribution >= 0.6 is 0 Å². The van der Waals surface area contributed by atoms with Crippen molar-refractivity contribution in [1.82, 2.24) is 5.48 Å². The number of nitrogens with two attached hydrogens (primary N) is 1. The maximum absolute atomic E-state index is 13.0. The normalized spacial score (nSPS) is 31.4. The van der Waals surface area contributed by atoms with Crippen LogP contribution < -0.4 is 11.2 Å². The standard InChI is InChI=1S/C23H34N4O5/c1-5-31-23(28)20-15-11-18(29-4)16(19-12(2)27-32-13(19)3)10-17(15)25-22(20)26-21(24)14-6-8-30-9-7-14/h12,14-15,17,20,27H,5-11H2,1-4H3,(H2,24,25,26). The molecular formula is C23H34N4O5. The molecular weight excluding hydrogens is 412 g/mol. The first kappa shape index (κ1) is 22.8. The molecule has 4 aliphatic rings. The quantitative estimate of drug-likeness (QED) is 0.378. The van der Waals surface area contributed by atoms with E-state index in [1.807, 2.05) is 13.8 Å². The molecule has 0 aromatic heterocycles. The SMILES string of the molecule is CCOC(=O)C1C(N=C(N)C2CCOCC2)=NC2CC(C3=C(C)ONC3C)=C(OC)CC21. The highest BCUT2D eigenvalue weighted by molar-refractivity contribution is 6.08. The zero-order chi connectivity index (χ0) is 22.8. The number of amidine groups is 2. The van der Waals surface area contributed by atoms with Crippen molar-refractivity contribution in [3.63, 3.8) is 0 Å². The van der Waals surface area contributed by atoms with Crippen LogP contribution in [0.3, 0.4) is 0 Å². The number of hydrogen-bond donors (Lipinski definition) is 2. The van der Waals surface area contributed by atoms with Gasteiger partial charge in [-0.2, -0.15) is 0 Å². The van der Waals surface area contributed by atoms with Crippen LogP contribution in [0.2, 0.25) is 0 Å². The fraction of sp³-hybridized carbons (Fsp3) is 0.696. The highest BCUT2D eigenvalue weighted by Gasteiger charge is 2.48. The van der Waals surface area contributed by atoms with Crippen LogP contribution in [0.5, 0.6) is 0 Å². The topological polar surface area (TPSA) is 117 Å². The molecule has 3 aliphatic heterocycles. The molecule has 0 bridgehead atoms. The van der Waals surface area contributed by atoms with Gasteiger partial charge in [0.2, 0.25) is 0 Å². The Morgan fingerprint density at radius 2 is 2.06 bits per heavy atom. The lowest BCUT2D eigenvalue weighted by atomic mass is 9.76. The number of ether oxygens (including phenoxy) is 3. The second-order valence-corrected chi connectivity index (χ2v) is 8.80. The number of carbonyl (C=O) groups is 1. The maximum Gasteiger partial charge on any atom is 0.317 e. The molecule has 9 heteroatoms. The Morgan fingerprint density at radius 3 is 2.69 bits per heavy atom. The molecule has 0 aromatic rings. The number of nitrogens with one attached hydrogen (secondary N) is 1. The van der Waals surface area contributed by atoms with E-state index in [9.17, 15) is 4.79 Å². The minimum Gasteiger partial charge on any atom is -0.501 e. The summed E-state index contributed by atoms with van der Waals surface area (Å²) < 4.78 is 16.7. The smallest absolute Gasteiger partial charge is 0.317 e. The molecule has 4 atom stereocenters. The molecule has 32 heavy (non-hydrogen) atoms. The van der Waals surface area contributed by atoms with Gasteiger partial charge in [0.05, 0.1) is 31.6 Å². The van der Waals surface area contributed by atoms with E-state index in [2.05, 4.69) is 12.4 Å². The largest absolute Gasteiger partial charge is 0.501 e. The van der Waals surface area contributed by atoms with E-state index < -0.39 is 5.92 Å². The van der Waals surface area contributed by atoms with Gasteiger partial charge in [0.15, 0.2) is 0 Å². The van der Waals surface area contributed by atoms with Crippen LogP contribution in [0.4, 0.5) is 0 Å². The number of rotatable bonds is 5. The molecule has 1 aliphatic carbocycles. The van der Waals surface area contributed by atoms with Crippen molar-refractivity contribution in [2.75, 3.05) is 26.9 Å². The molecule has 176 valence electrons. The van der Waals surface area contributed by atoms with E-state index in [0.29, 0.717) is 44.3 Å². The van der Waals surface area contributed by atoms with Crippen LogP contribution in [0.25, 0.3) is 0 Å². The van der Waals surface area contributed by atoms with Crippen molar-refractivity contribution in [3.8, 4) is 0 Å². The van der Waals surface area contributed by atoms with Crippen molar-refractivity contribution in [2.45, 2.75) is 58.5 Å². The number of carbonyl (C=O) groups excluding carboxylic acids is 1. The summed E-state index contributed by atoms with van der Waals surface area (Å²) in [5.74, 6) is 1.96. The van der Waals surface area contributed by atoms with Crippen molar-refractivity contribution >= 4 is 17.6 Å². The lowest BCUT2D eigenvalue weighted by Gasteiger charge is -2.31. The lowest BCUT2D eigenvalue weighted by molar-refractivity contribution is -0.147. The van der Waals surface area contributed by atoms with Crippen LogP contribution in [-0.4, -0.2) is 56.7 Å². The summed E-state index contributed by atoms with van der Waals surface area (Å²) in [6.07, 6.45) is 2.90. The molecule has 0 radical (unpaired) electrons. The highest BCUT2D eigenvalue weighted by Crippen LogP contribution is 2.45. The van der Waals surface area contributed by atoms with E-state index in [1.54, 1.807) is 7.11 Å². The summed E-state index contributed by atoms with van der Waals surface area (Å²) in [5, 5.41) is 0. The number of hydrogen-bond acceptors (Lipinski definition) is 8. The van der Waals surface area contributed by atoms with Crippen molar-refractivity contribution < 1.29 is 23.8 Å². The van der Waals surface area contributed by atoms with Crippen LogP contribution in [0, 0.1) is 17.8 Å². The summed E-state index contributed by atoms with van der Waals surface area (Å²) in [5.41, 5.74) is 11.6. The lowest BCUT2D eigenvalue weighted by Crippen LogP contribution is -2.36. The summed E-state index contributed by atoms with van der Waals surface area (Å²) in [6, 6.07) is -0.0350. The number of methoxy groups -OCH3 is 1. The molecule has 0 saturated carbocycles. The molecule has 0 amide bonds. The number of fused-ring (bicyclic) bond motifs is 1. The van der Waals surface area contributed by atoms with E-state index in [1.165, 1.54) is 0 Å². The number of esters is 1. The molecule has 4 rings (SSSR count). The molecule has 1 saturated heterocycles. The van der Waals surface area contributed by atoms with E-state index in [4.69, 9.17) is 34.8 Å². The summed E-state index contributed by atoms with van der Waals surface area (Å²) in [7, 11) is 1.68. The van der Waals surface area contributed by atoms with Gasteiger partial charge in [-0.3, -0.25) is 9.79 Å². The molecule has 4 unspecified atom stereocenters. The van der Waals surface area contributed by atoms with Crippen molar-refractivity contribution in [1.29, 1.82) is 0 Å². The number of aliphatic imine (C=N–C) groups is 2. The average Bonchev–Trinajstić information content (AvgIpc) is 3.31. The number of allylic oxidation sites excluding steroid dienone is 2. The third-order valence-corrected chi connectivity index (χ3v) is 6.87. The van der Waals surface area contributed by atoms with Crippen molar-refractivity contribution in [3.05, 3.63) is 22.7 Å². The fourth-order valence-electron chi connectivity index (χ4n) is 5.23.